The average molecular weight is 781 g/mol. The van der Waals surface area contributed by atoms with Crippen molar-refractivity contribution in [3.05, 3.63) is 0 Å². The van der Waals surface area contributed by atoms with Crippen LogP contribution in [0.3, 0.4) is 0 Å². The van der Waals surface area contributed by atoms with Crippen molar-refractivity contribution < 1.29 is 55.3 Å². The summed E-state index contributed by atoms with van der Waals surface area (Å²) in [6.07, 6.45) is 2.73. The van der Waals surface area contributed by atoms with Crippen LogP contribution in [0.4, 0.5) is 0 Å². The van der Waals surface area contributed by atoms with E-state index in [4.69, 9.17) is 73.5 Å². The van der Waals surface area contributed by atoms with E-state index in [9.17, 15) is 4.80 Å². The lowest BCUT2D eigenvalue weighted by Crippen LogP contribution is -2.46. The fourth-order valence-electron chi connectivity index (χ4n) is 3.26. The molecule has 0 aliphatic carbocycles. The number of rotatable bonds is 24. The maximum Gasteiger partial charge on any atom is 0.500 e. The zero-order valence-corrected chi connectivity index (χ0v) is 32.2. The molecule has 14 N–H and O–H groups in total. The first-order valence-corrected chi connectivity index (χ1v) is 23.5. The molecule has 0 heterocycles. The van der Waals surface area contributed by atoms with Gasteiger partial charge in [0.25, 0.3) is 0 Å². The van der Waals surface area contributed by atoms with Gasteiger partial charge in [0.05, 0.1) is 0 Å². The van der Waals surface area contributed by atoms with Crippen molar-refractivity contribution in [1.29, 1.82) is 0 Å². The van der Waals surface area contributed by atoms with E-state index in [2.05, 4.69) is 0 Å². The predicted molar refractivity (Wildman–Crippen MR) is 207 cm³/mol. The van der Waals surface area contributed by atoms with Crippen LogP contribution in [0, 0.1) is 0 Å². The largest absolute Gasteiger partial charge is 0.500 e. The molecule has 0 saturated carbocycles. The topological polar surface area (TPSA) is 281 Å². The van der Waals surface area contributed by atoms with Gasteiger partial charge in [-0.15, -0.1) is 0 Å². The van der Waals surface area contributed by atoms with Gasteiger partial charge in [-0.1, -0.05) is 29.7 Å². The molecule has 0 spiro atoms. The van der Waals surface area contributed by atoms with Crippen LogP contribution in [-0.4, -0.2) is 130 Å². The molecular formula is C28H84N4O12Si4. The molecule has 304 valence electrons. The molecule has 0 rings (SSSR count). The van der Waals surface area contributed by atoms with E-state index >= 15 is 0 Å². The molecule has 0 fully saturated rings. The summed E-state index contributed by atoms with van der Waals surface area (Å²) in [4.78, 5) is 52.9. The van der Waals surface area contributed by atoms with Crippen LogP contribution < -0.4 is 22.9 Å². The maximum atomic E-state index is 9.78. The van der Waals surface area contributed by atoms with Crippen LogP contribution >= 0.6 is 0 Å². The molecule has 16 nitrogen and oxygen atoms in total. The Labute approximate surface area is 299 Å². The van der Waals surface area contributed by atoms with Crippen molar-refractivity contribution in [3.8, 4) is 0 Å². The highest BCUT2D eigenvalue weighted by Gasteiger charge is 2.39. The highest BCUT2D eigenvalue weighted by molar-refractivity contribution is 6.60. The fraction of sp³-hybridized carbons (Fsp3) is 1.00. The van der Waals surface area contributed by atoms with Crippen molar-refractivity contribution >= 4 is 35.2 Å². The summed E-state index contributed by atoms with van der Waals surface area (Å²) in [5.74, 6) is 0. The van der Waals surface area contributed by atoms with Gasteiger partial charge in [0.1, 0.15) is 0 Å². The first kappa shape index (κ1) is 66.5. The normalized spacial score (nSPS) is 11.0. The predicted octanol–water partition coefficient (Wildman–Crippen LogP) is 1.81. The Morgan fingerprint density at radius 3 is 0.958 bits per heavy atom. The molecule has 0 saturated heterocycles. The minimum absolute atomic E-state index is 0. The molecule has 0 amide bonds. The lowest BCUT2D eigenvalue weighted by Gasteiger charge is -2.28. The Hall–Kier alpha value is 0.228. The zero-order chi connectivity index (χ0) is 35.0. The van der Waals surface area contributed by atoms with Crippen molar-refractivity contribution in [2.24, 2.45) is 22.9 Å². The van der Waals surface area contributed by atoms with E-state index < -0.39 is 35.2 Å². The Balaban J connectivity index is -0.0000000733. The zero-order valence-electron chi connectivity index (χ0n) is 28.2. The van der Waals surface area contributed by atoms with E-state index in [-0.39, 0.29) is 35.8 Å². The van der Waals surface area contributed by atoms with Crippen molar-refractivity contribution in [2.75, 3.05) is 65.8 Å². The third-order valence-corrected chi connectivity index (χ3v) is 13.4. The second-order valence-corrected chi connectivity index (χ2v) is 18.6. The fourth-order valence-corrected chi connectivity index (χ4v) is 9.77. The van der Waals surface area contributed by atoms with Gasteiger partial charge in [0.15, 0.2) is 0 Å². The Morgan fingerprint density at radius 1 is 0.396 bits per heavy atom. The summed E-state index contributed by atoms with van der Waals surface area (Å²) >= 11 is 0. The molecular weight excluding hydrogens is 697 g/mol. The summed E-state index contributed by atoms with van der Waals surface area (Å²) in [6, 6.07) is 1.73. The van der Waals surface area contributed by atoms with Gasteiger partial charge in [0.2, 0.25) is 0 Å². The Bertz CT molecular complexity index is 570. The minimum atomic E-state index is -3.76. The number of nitrogens with two attached hydrogens (primary N) is 4. The molecule has 0 aromatic carbocycles. The van der Waals surface area contributed by atoms with E-state index in [1.807, 2.05) is 34.6 Å². The summed E-state index contributed by atoms with van der Waals surface area (Å²) in [7, 11) is -12.3. The molecule has 0 aliphatic rings. The molecule has 0 radical (unpaired) electrons. The summed E-state index contributed by atoms with van der Waals surface area (Å²) in [5, 5.41) is 0. The SMILES string of the molecule is C.C.C.C.CCO[Si](CCCN)(OCC)OCC.CCO[Si](O)(CCCN)OCC.CCO[Si](O)(O)CCCN.NCCC[Si](O)(O)O. The third-order valence-electron chi connectivity index (χ3n) is 5.01. The van der Waals surface area contributed by atoms with Crippen LogP contribution in [-0.2, 0) is 26.6 Å². The Kier molecular flexibility index (Phi) is 60.1. The molecule has 0 aliphatic heterocycles. The van der Waals surface area contributed by atoms with Crippen LogP contribution in [0.25, 0.3) is 0 Å². The van der Waals surface area contributed by atoms with Crippen LogP contribution in [0.2, 0.25) is 24.2 Å². The van der Waals surface area contributed by atoms with Crippen molar-refractivity contribution in [2.45, 2.75) is 121 Å². The van der Waals surface area contributed by atoms with E-state index in [0.717, 1.165) is 18.9 Å². The second kappa shape index (κ2) is 43.4. The summed E-state index contributed by atoms with van der Waals surface area (Å²) in [6.45, 7) is 16.6. The van der Waals surface area contributed by atoms with Crippen molar-refractivity contribution in [3.63, 3.8) is 0 Å². The van der Waals surface area contributed by atoms with Crippen molar-refractivity contribution in [1.82, 2.24) is 0 Å². The van der Waals surface area contributed by atoms with Gasteiger partial charge in [-0.25, -0.2) is 0 Å². The van der Waals surface area contributed by atoms with Crippen LogP contribution in [0.15, 0.2) is 0 Å². The molecule has 20 heteroatoms. The highest BCUT2D eigenvalue weighted by Crippen LogP contribution is 2.17. The molecule has 0 atom stereocenters. The van der Waals surface area contributed by atoms with Gasteiger partial charge in [-0.3, -0.25) is 0 Å². The van der Waals surface area contributed by atoms with E-state index in [0.29, 0.717) is 90.8 Å². The quantitative estimate of drug-likeness (QED) is 0.0625. The molecule has 48 heavy (non-hydrogen) atoms. The number of hydrogen-bond donors (Lipinski definition) is 10. The lowest BCUT2D eigenvalue weighted by atomic mass is 10.5. The lowest BCUT2D eigenvalue weighted by molar-refractivity contribution is 0.0709. The molecule has 0 aromatic rings. The Morgan fingerprint density at radius 2 is 0.688 bits per heavy atom. The van der Waals surface area contributed by atoms with Gasteiger partial charge in [-0.05, 0) is 93.4 Å². The minimum Gasteiger partial charge on any atom is -0.390 e. The van der Waals surface area contributed by atoms with E-state index in [1.54, 1.807) is 6.92 Å². The monoisotopic (exact) mass is 781 g/mol. The van der Waals surface area contributed by atoms with Gasteiger partial charge in [0, 0.05) is 63.8 Å². The van der Waals surface area contributed by atoms with E-state index in [1.165, 1.54) is 0 Å². The number of hydrogen-bond acceptors (Lipinski definition) is 16. The summed E-state index contributed by atoms with van der Waals surface area (Å²) < 4.78 is 32.1. The van der Waals surface area contributed by atoms with Crippen LogP contribution in [0.1, 0.15) is 96.9 Å². The van der Waals surface area contributed by atoms with Crippen LogP contribution in [0.5, 0.6) is 0 Å². The average Bonchev–Trinajstić information content (AvgIpc) is 2.94. The third kappa shape index (κ3) is 48.3. The van der Waals surface area contributed by atoms with Gasteiger partial charge >= 0.3 is 35.2 Å². The summed E-state index contributed by atoms with van der Waals surface area (Å²) in [5.41, 5.74) is 21.0. The maximum absolute atomic E-state index is 9.78. The van der Waals surface area contributed by atoms with Gasteiger partial charge in [-0.2, -0.15) is 0 Å². The second-order valence-electron chi connectivity index (χ2n) is 9.08. The molecule has 0 unspecified atom stereocenters. The standard InChI is InChI=1S/C9H23NO3Si.C7H19NO3Si.C5H15NO3Si.C3H11NO3Si.4CH4/c1-4-11-14(12-5-2,13-6-3)9-7-8-10;1-3-10-12(9,11-4-2)7-5-6-8;1-2-9-10(7,8)5-3-4-6;4-2-1-3-8(5,6)7;;;;/h4-10H2,1-3H3;9H,3-8H2,1-2H3;7-8H,2-6H2,1H3;5-7H,1-4H2;4*1H4. The molecule has 0 aromatic heterocycles. The first-order chi connectivity index (χ1) is 20.6. The smallest absolute Gasteiger partial charge is 0.390 e. The molecule has 0 bridgehead atoms. The highest BCUT2D eigenvalue weighted by atomic mass is 28.4. The first-order valence-electron chi connectivity index (χ1n) is 15.6. The van der Waals surface area contributed by atoms with Gasteiger partial charge < -0.3 is 78.3 Å².